The molecule has 4 rings (SSSR count). The molecule has 2 aliphatic heterocycles. The zero-order valence-electron chi connectivity index (χ0n) is 26.0. The van der Waals surface area contributed by atoms with Crippen LogP contribution in [0.2, 0.25) is 0 Å². The number of nitro benzene ring substituents is 1. The maximum absolute atomic E-state index is 13.4. The normalized spacial score (nSPS) is 17.7. The largest absolute Gasteiger partial charge is 0.493 e. The average Bonchev–Trinajstić information content (AvgIpc) is 3.02. The van der Waals surface area contributed by atoms with E-state index in [0.29, 0.717) is 30.0 Å². The van der Waals surface area contributed by atoms with Crippen molar-refractivity contribution in [3.8, 4) is 5.75 Å². The second-order valence-corrected chi connectivity index (χ2v) is 11.1. The molecule has 0 radical (unpaired) electrons. The summed E-state index contributed by atoms with van der Waals surface area (Å²) in [5.74, 6) is -1.12. The van der Waals surface area contributed by atoms with E-state index in [9.17, 15) is 19.7 Å². The minimum atomic E-state index is -0.869. The third kappa shape index (κ3) is 8.23. The molecule has 1 fully saturated rings. The summed E-state index contributed by atoms with van der Waals surface area (Å²) in [6.45, 7) is 12.0. The number of hydrogen-bond donors (Lipinski definition) is 1. The van der Waals surface area contributed by atoms with Gasteiger partial charge >= 0.3 is 11.9 Å². The summed E-state index contributed by atoms with van der Waals surface area (Å²) >= 11 is 0. The number of rotatable bonds is 13. The number of carbonyl (C=O) groups excluding carboxylic acids is 2. The number of nitro groups is 1. The molecule has 0 aromatic heterocycles. The number of dihydropyridines is 1. The highest BCUT2D eigenvalue weighted by molar-refractivity contribution is 5.99. The Morgan fingerprint density at radius 3 is 2.11 bits per heavy atom. The summed E-state index contributed by atoms with van der Waals surface area (Å²) in [7, 11) is 1.26. The van der Waals surface area contributed by atoms with Gasteiger partial charge in [-0.2, -0.15) is 0 Å². The Labute approximate surface area is 258 Å². The van der Waals surface area contributed by atoms with Crippen LogP contribution in [0.25, 0.3) is 0 Å². The summed E-state index contributed by atoms with van der Waals surface area (Å²) in [4.78, 5) is 42.0. The monoisotopic (exact) mass is 606 g/mol. The van der Waals surface area contributed by atoms with E-state index < -0.39 is 22.8 Å². The summed E-state index contributed by atoms with van der Waals surface area (Å²) in [5, 5.41) is 14.6. The Bertz CT molecular complexity index is 1410. The van der Waals surface area contributed by atoms with E-state index in [1.807, 2.05) is 18.2 Å². The highest BCUT2D eigenvalue weighted by atomic mass is 16.6. The first kappa shape index (κ1) is 32.7. The number of ether oxygens (including phenoxy) is 3. The molecule has 2 aromatic carbocycles. The fourth-order valence-corrected chi connectivity index (χ4v) is 5.75. The molecule has 1 saturated heterocycles. The first-order chi connectivity index (χ1) is 21.2. The van der Waals surface area contributed by atoms with Crippen LogP contribution in [-0.4, -0.2) is 86.3 Å². The standard InChI is InChI=1S/C33H42N4O7/c1-23-10-5-6-13-28(23)43-20-8-14-35-16-18-36(19-17-35)15-9-21-44-33(39)30-25(3)34-24(2)29(32(38)42-4)31(30)26-11-7-12-27(22-26)37(40)41/h5-7,10-13,22,31,34H,8-9,14-21H2,1-4H3. The molecule has 0 saturated carbocycles. The number of nitrogens with one attached hydrogen (secondary N) is 1. The van der Waals surface area contributed by atoms with Gasteiger partial charge in [-0.25, -0.2) is 9.59 Å². The Hall–Kier alpha value is -4.22. The van der Waals surface area contributed by atoms with Gasteiger partial charge in [0.05, 0.1) is 42.3 Å². The van der Waals surface area contributed by atoms with Crippen LogP contribution in [-0.2, 0) is 19.1 Å². The second-order valence-electron chi connectivity index (χ2n) is 11.1. The third-order valence-electron chi connectivity index (χ3n) is 8.09. The van der Waals surface area contributed by atoms with E-state index in [-0.39, 0.29) is 23.4 Å². The van der Waals surface area contributed by atoms with Gasteiger partial charge in [-0.15, -0.1) is 0 Å². The molecule has 11 nitrogen and oxygen atoms in total. The van der Waals surface area contributed by atoms with Gasteiger partial charge in [0.15, 0.2) is 0 Å². The van der Waals surface area contributed by atoms with Crippen molar-refractivity contribution in [3.05, 3.63) is 92.3 Å². The van der Waals surface area contributed by atoms with Crippen molar-refractivity contribution in [1.82, 2.24) is 15.1 Å². The Balaban J connectivity index is 1.27. The lowest BCUT2D eigenvalue weighted by atomic mass is 9.80. The number of para-hydroxylation sites is 1. The molecular formula is C33H42N4O7. The Kier molecular flexibility index (Phi) is 11.5. The van der Waals surface area contributed by atoms with E-state index in [1.54, 1.807) is 19.9 Å². The number of piperazine rings is 1. The molecule has 2 heterocycles. The molecule has 0 spiro atoms. The van der Waals surface area contributed by atoms with Crippen LogP contribution in [0.1, 0.15) is 43.7 Å². The summed E-state index contributed by atoms with van der Waals surface area (Å²) in [6, 6.07) is 14.0. The molecule has 1 N–H and O–H groups in total. The van der Waals surface area contributed by atoms with Crippen molar-refractivity contribution in [2.45, 2.75) is 39.5 Å². The van der Waals surface area contributed by atoms with Gasteiger partial charge in [-0.3, -0.25) is 10.1 Å². The number of esters is 2. The van der Waals surface area contributed by atoms with Gasteiger partial charge in [0.25, 0.3) is 5.69 Å². The SMILES string of the molecule is COC(=O)C1=C(C)NC(C)=C(C(=O)OCCCN2CCN(CCCOc3ccccc3C)CC2)C1c1cccc([N+](=O)[O-])c1. The molecule has 1 unspecified atom stereocenters. The van der Waals surface area contributed by atoms with Crippen LogP contribution in [0, 0.1) is 17.0 Å². The van der Waals surface area contributed by atoms with Gasteiger partial charge in [0, 0.05) is 62.8 Å². The lowest BCUT2D eigenvalue weighted by Gasteiger charge is -2.34. The zero-order chi connectivity index (χ0) is 31.6. The predicted octanol–water partition coefficient (Wildman–Crippen LogP) is 4.33. The van der Waals surface area contributed by atoms with Crippen LogP contribution in [0.15, 0.2) is 71.1 Å². The number of nitrogens with zero attached hydrogens (tertiary/aromatic N) is 3. The van der Waals surface area contributed by atoms with Crippen molar-refractivity contribution in [2.75, 3.05) is 59.6 Å². The molecule has 0 bridgehead atoms. The highest BCUT2D eigenvalue weighted by Gasteiger charge is 2.38. The number of allylic oxidation sites excluding steroid dienone is 2. The van der Waals surface area contributed by atoms with Crippen LogP contribution < -0.4 is 10.1 Å². The van der Waals surface area contributed by atoms with Crippen molar-refractivity contribution in [1.29, 1.82) is 0 Å². The molecular weight excluding hydrogens is 564 g/mol. The van der Waals surface area contributed by atoms with Crippen LogP contribution in [0.3, 0.4) is 0 Å². The fourth-order valence-electron chi connectivity index (χ4n) is 5.75. The quantitative estimate of drug-likeness (QED) is 0.153. The van der Waals surface area contributed by atoms with Crippen molar-refractivity contribution in [2.24, 2.45) is 0 Å². The van der Waals surface area contributed by atoms with Gasteiger partial charge in [-0.05, 0) is 50.8 Å². The number of non-ortho nitro benzene ring substituents is 1. The number of aryl methyl sites for hydroxylation is 1. The second kappa shape index (κ2) is 15.5. The van der Waals surface area contributed by atoms with E-state index in [1.165, 1.54) is 25.3 Å². The highest BCUT2D eigenvalue weighted by Crippen LogP contribution is 2.40. The zero-order valence-corrected chi connectivity index (χ0v) is 26.0. The number of carbonyl (C=O) groups is 2. The molecule has 0 amide bonds. The first-order valence-corrected chi connectivity index (χ1v) is 15.0. The molecule has 0 aliphatic carbocycles. The molecule has 1 atom stereocenters. The lowest BCUT2D eigenvalue weighted by molar-refractivity contribution is -0.384. The van der Waals surface area contributed by atoms with Gasteiger partial charge in [-0.1, -0.05) is 30.3 Å². The lowest BCUT2D eigenvalue weighted by Crippen LogP contribution is -2.47. The maximum atomic E-state index is 13.4. The maximum Gasteiger partial charge on any atom is 0.336 e. The molecule has 2 aliphatic rings. The number of methoxy groups -OCH3 is 1. The first-order valence-electron chi connectivity index (χ1n) is 15.0. The van der Waals surface area contributed by atoms with Gasteiger partial charge < -0.3 is 29.3 Å². The van der Waals surface area contributed by atoms with Gasteiger partial charge in [0.2, 0.25) is 0 Å². The van der Waals surface area contributed by atoms with E-state index >= 15 is 0 Å². The van der Waals surface area contributed by atoms with Crippen molar-refractivity contribution < 1.29 is 28.7 Å². The van der Waals surface area contributed by atoms with Crippen molar-refractivity contribution >= 4 is 17.6 Å². The van der Waals surface area contributed by atoms with Gasteiger partial charge in [0.1, 0.15) is 5.75 Å². The Morgan fingerprint density at radius 1 is 0.886 bits per heavy atom. The number of hydrogen-bond acceptors (Lipinski definition) is 10. The minimum Gasteiger partial charge on any atom is -0.493 e. The fraction of sp³-hybridized carbons (Fsp3) is 0.455. The smallest absolute Gasteiger partial charge is 0.336 e. The summed E-state index contributed by atoms with van der Waals surface area (Å²) in [6.07, 6.45) is 1.63. The third-order valence-corrected chi connectivity index (χ3v) is 8.09. The number of benzene rings is 2. The average molecular weight is 607 g/mol. The van der Waals surface area contributed by atoms with Crippen LogP contribution >= 0.6 is 0 Å². The Morgan fingerprint density at radius 2 is 1.50 bits per heavy atom. The molecule has 2 aromatic rings. The molecule has 11 heteroatoms. The molecule has 236 valence electrons. The summed E-state index contributed by atoms with van der Waals surface area (Å²) in [5.41, 5.74) is 2.93. The molecule has 44 heavy (non-hydrogen) atoms. The predicted molar refractivity (Wildman–Crippen MR) is 166 cm³/mol. The van der Waals surface area contributed by atoms with Crippen molar-refractivity contribution in [3.63, 3.8) is 0 Å². The van der Waals surface area contributed by atoms with Crippen LogP contribution in [0.4, 0.5) is 5.69 Å². The minimum absolute atomic E-state index is 0.135. The van der Waals surface area contributed by atoms with E-state index in [2.05, 4.69) is 28.1 Å². The van der Waals surface area contributed by atoms with Crippen LogP contribution in [0.5, 0.6) is 5.75 Å². The topological polar surface area (TPSA) is 123 Å². The summed E-state index contributed by atoms with van der Waals surface area (Å²) < 4.78 is 16.6. The van der Waals surface area contributed by atoms with E-state index in [0.717, 1.165) is 57.0 Å². The van der Waals surface area contributed by atoms with E-state index in [4.69, 9.17) is 14.2 Å².